The van der Waals surface area contributed by atoms with Crippen LogP contribution in [0.2, 0.25) is 0 Å². The van der Waals surface area contributed by atoms with E-state index in [1.165, 1.54) is 0 Å². The fraction of sp³-hybridized carbons (Fsp3) is 0.400. The van der Waals surface area contributed by atoms with E-state index >= 15 is 0 Å². The fourth-order valence-electron chi connectivity index (χ4n) is 1.33. The molecule has 0 aromatic carbocycles. The van der Waals surface area contributed by atoms with Crippen molar-refractivity contribution < 1.29 is 10.2 Å². The monoisotopic (exact) mass is 241 g/mol. The number of aliphatic hydroxyl groups is 2. The Hall–Kier alpha value is -1.24. The number of aliphatic hydroxyl groups excluding tert-OH is 2. The van der Waals surface area contributed by atoms with Crippen molar-refractivity contribution in [3.05, 3.63) is 24.0 Å². The Morgan fingerprint density at radius 2 is 1.94 bits per heavy atom. The van der Waals surface area contributed by atoms with E-state index in [-0.39, 0.29) is 18.2 Å². The minimum absolute atomic E-state index is 0.0249. The van der Waals surface area contributed by atoms with Gasteiger partial charge in [0.25, 0.3) is 0 Å². The summed E-state index contributed by atoms with van der Waals surface area (Å²) in [5.74, 6) is 0. The van der Waals surface area contributed by atoms with Crippen molar-refractivity contribution in [3.63, 3.8) is 0 Å². The van der Waals surface area contributed by atoms with E-state index in [0.717, 1.165) is 5.69 Å². The molecular formula is C10H15N3O2S. The number of nitrogens with two attached hydrogens (primary N) is 1. The summed E-state index contributed by atoms with van der Waals surface area (Å²) in [6, 6.07) is 3.53. The summed E-state index contributed by atoms with van der Waals surface area (Å²) in [6.45, 7) is 0.956. The molecule has 0 amide bonds. The number of aromatic nitrogens is 1. The first-order chi connectivity index (χ1) is 7.69. The first-order valence-electron chi connectivity index (χ1n) is 4.91. The van der Waals surface area contributed by atoms with Gasteiger partial charge in [0.1, 0.15) is 4.99 Å². The number of nitrogens with zero attached hydrogens (tertiary/aromatic N) is 2. The minimum Gasteiger partial charge on any atom is -0.395 e. The quantitative estimate of drug-likeness (QED) is 0.583. The summed E-state index contributed by atoms with van der Waals surface area (Å²) in [7, 11) is 0. The molecule has 0 fully saturated rings. The lowest BCUT2D eigenvalue weighted by atomic mass is 10.3. The average molecular weight is 241 g/mol. The van der Waals surface area contributed by atoms with E-state index in [9.17, 15) is 0 Å². The fourth-order valence-corrected chi connectivity index (χ4v) is 1.45. The Morgan fingerprint density at radius 1 is 1.31 bits per heavy atom. The van der Waals surface area contributed by atoms with Gasteiger partial charge < -0.3 is 20.8 Å². The van der Waals surface area contributed by atoms with Crippen molar-refractivity contribution in [3.8, 4) is 0 Å². The summed E-state index contributed by atoms with van der Waals surface area (Å²) in [4.78, 5) is 6.17. The topological polar surface area (TPSA) is 82.6 Å². The molecule has 0 saturated heterocycles. The van der Waals surface area contributed by atoms with Crippen LogP contribution in [0.25, 0.3) is 0 Å². The molecule has 16 heavy (non-hydrogen) atoms. The Bertz CT molecular complexity index is 336. The molecule has 0 saturated carbocycles. The van der Waals surface area contributed by atoms with Gasteiger partial charge >= 0.3 is 0 Å². The number of thiocarbonyl (C=S) groups is 1. The molecule has 0 unspecified atom stereocenters. The maximum atomic E-state index is 8.88. The predicted octanol–water partition coefficient (Wildman–Crippen LogP) is -0.493. The normalized spacial score (nSPS) is 10.1. The van der Waals surface area contributed by atoms with Gasteiger partial charge in [-0.3, -0.25) is 4.98 Å². The van der Waals surface area contributed by atoms with E-state index in [2.05, 4.69) is 4.98 Å². The summed E-state index contributed by atoms with van der Waals surface area (Å²) in [5, 5.41) is 17.8. The van der Waals surface area contributed by atoms with E-state index in [4.69, 9.17) is 28.2 Å². The van der Waals surface area contributed by atoms with Crippen molar-refractivity contribution in [2.45, 2.75) is 0 Å². The summed E-state index contributed by atoms with van der Waals surface area (Å²) in [5.41, 5.74) is 6.82. The van der Waals surface area contributed by atoms with Gasteiger partial charge in [-0.2, -0.15) is 0 Å². The largest absolute Gasteiger partial charge is 0.395 e. The van der Waals surface area contributed by atoms with Crippen LogP contribution in [0.1, 0.15) is 5.69 Å². The van der Waals surface area contributed by atoms with Gasteiger partial charge in [-0.25, -0.2) is 0 Å². The molecule has 1 aromatic rings. The zero-order valence-corrected chi connectivity index (χ0v) is 9.65. The molecule has 5 nitrogen and oxygen atoms in total. The standard InChI is InChI=1S/C10H15N3O2S/c11-10(16)9-2-1-8(7-12-9)13(3-5-14)4-6-15/h1-2,7,14-15H,3-6H2,(H2,11,16). The van der Waals surface area contributed by atoms with Crippen LogP contribution in [0.15, 0.2) is 18.3 Å². The predicted molar refractivity (Wildman–Crippen MR) is 66.5 cm³/mol. The van der Waals surface area contributed by atoms with Crippen LogP contribution in [0, 0.1) is 0 Å². The van der Waals surface area contributed by atoms with Crippen molar-refractivity contribution in [1.82, 2.24) is 4.98 Å². The molecule has 4 N–H and O–H groups in total. The molecule has 0 aliphatic rings. The molecule has 1 aromatic heterocycles. The Balaban J connectivity index is 2.80. The Kier molecular flexibility index (Phi) is 5.10. The maximum absolute atomic E-state index is 8.88. The maximum Gasteiger partial charge on any atom is 0.122 e. The van der Waals surface area contributed by atoms with E-state index < -0.39 is 0 Å². The first kappa shape index (κ1) is 12.8. The second kappa shape index (κ2) is 6.37. The highest BCUT2D eigenvalue weighted by molar-refractivity contribution is 7.80. The molecule has 0 atom stereocenters. The van der Waals surface area contributed by atoms with Gasteiger partial charge in [0, 0.05) is 13.1 Å². The smallest absolute Gasteiger partial charge is 0.122 e. The molecule has 1 heterocycles. The van der Waals surface area contributed by atoms with Crippen LogP contribution in [-0.4, -0.2) is 46.5 Å². The molecule has 1 rings (SSSR count). The van der Waals surface area contributed by atoms with Gasteiger partial charge in [0.2, 0.25) is 0 Å². The zero-order valence-electron chi connectivity index (χ0n) is 8.83. The van der Waals surface area contributed by atoms with Crippen LogP contribution >= 0.6 is 12.2 Å². The van der Waals surface area contributed by atoms with Crippen molar-refractivity contribution >= 4 is 22.9 Å². The lowest BCUT2D eigenvalue weighted by Crippen LogP contribution is -2.29. The number of hydrogen-bond donors (Lipinski definition) is 3. The van der Waals surface area contributed by atoms with E-state index in [1.807, 2.05) is 11.0 Å². The summed E-state index contributed by atoms with van der Waals surface area (Å²) in [6.07, 6.45) is 1.62. The van der Waals surface area contributed by atoms with Crippen LogP contribution in [0.5, 0.6) is 0 Å². The minimum atomic E-state index is 0.0249. The molecule has 0 spiro atoms. The highest BCUT2D eigenvalue weighted by Gasteiger charge is 2.06. The number of anilines is 1. The van der Waals surface area contributed by atoms with Gasteiger partial charge in [-0.1, -0.05) is 12.2 Å². The van der Waals surface area contributed by atoms with Gasteiger partial charge in [0.05, 0.1) is 30.8 Å². The molecule has 0 bridgehead atoms. The number of pyridine rings is 1. The third-order valence-corrected chi connectivity index (χ3v) is 2.31. The molecular weight excluding hydrogens is 226 g/mol. The third kappa shape index (κ3) is 3.41. The van der Waals surface area contributed by atoms with Crippen LogP contribution in [0.4, 0.5) is 5.69 Å². The van der Waals surface area contributed by atoms with Crippen LogP contribution in [-0.2, 0) is 0 Å². The average Bonchev–Trinajstić information content (AvgIpc) is 2.29. The SMILES string of the molecule is NC(=S)c1ccc(N(CCO)CCO)cn1. The second-order valence-corrected chi connectivity index (χ2v) is 3.64. The summed E-state index contributed by atoms with van der Waals surface area (Å²) >= 11 is 4.80. The molecule has 0 radical (unpaired) electrons. The molecule has 88 valence electrons. The number of rotatable bonds is 6. The van der Waals surface area contributed by atoms with Crippen LogP contribution < -0.4 is 10.6 Å². The lowest BCUT2D eigenvalue weighted by molar-refractivity contribution is 0.281. The van der Waals surface area contributed by atoms with E-state index in [1.54, 1.807) is 12.3 Å². The van der Waals surface area contributed by atoms with Crippen molar-refractivity contribution in [2.24, 2.45) is 5.73 Å². The molecule has 0 aliphatic carbocycles. The summed E-state index contributed by atoms with van der Waals surface area (Å²) < 4.78 is 0. The highest BCUT2D eigenvalue weighted by atomic mass is 32.1. The van der Waals surface area contributed by atoms with Crippen LogP contribution in [0.3, 0.4) is 0 Å². The second-order valence-electron chi connectivity index (χ2n) is 3.20. The molecule has 0 aliphatic heterocycles. The van der Waals surface area contributed by atoms with Crippen molar-refractivity contribution in [1.29, 1.82) is 0 Å². The highest BCUT2D eigenvalue weighted by Crippen LogP contribution is 2.12. The Morgan fingerprint density at radius 3 is 2.31 bits per heavy atom. The van der Waals surface area contributed by atoms with E-state index in [0.29, 0.717) is 18.8 Å². The Labute approximate surface area is 99.5 Å². The third-order valence-electron chi connectivity index (χ3n) is 2.11. The van der Waals surface area contributed by atoms with Gasteiger partial charge in [-0.15, -0.1) is 0 Å². The number of hydrogen-bond acceptors (Lipinski definition) is 5. The molecule has 6 heteroatoms. The van der Waals surface area contributed by atoms with Gasteiger partial charge in [-0.05, 0) is 12.1 Å². The van der Waals surface area contributed by atoms with Crippen molar-refractivity contribution in [2.75, 3.05) is 31.2 Å². The van der Waals surface area contributed by atoms with Gasteiger partial charge in [0.15, 0.2) is 0 Å². The zero-order chi connectivity index (χ0) is 12.0. The lowest BCUT2D eigenvalue weighted by Gasteiger charge is -2.22. The first-order valence-corrected chi connectivity index (χ1v) is 5.32.